The van der Waals surface area contributed by atoms with Gasteiger partial charge >= 0.3 is 0 Å². The summed E-state index contributed by atoms with van der Waals surface area (Å²) in [5.41, 5.74) is 2.71. The first kappa shape index (κ1) is 15.4. The molecule has 0 saturated heterocycles. The highest BCUT2D eigenvalue weighted by molar-refractivity contribution is 5.92. The molecule has 0 spiro atoms. The number of rotatable bonds is 6. The molecule has 0 bridgehead atoms. The van der Waals surface area contributed by atoms with Crippen molar-refractivity contribution in [3.63, 3.8) is 0 Å². The third-order valence-electron chi connectivity index (χ3n) is 2.46. The Morgan fingerprint density at radius 1 is 1.26 bits per heavy atom. The van der Waals surface area contributed by atoms with Crippen molar-refractivity contribution in [1.29, 1.82) is 0 Å². The van der Waals surface area contributed by atoms with Crippen molar-refractivity contribution >= 4 is 11.7 Å². The van der Waals surface area contributed by atoms with Crippen molar-refractivity contribution in [1.82, 2.24) is 14.9 Å². The number of carbonyl (C=O) groups excluding carboxylic acids is 1. The number of nitrogens with zero attached hydrogens (tertiary/aromatic N) is 3. The lowest BCUT2D eigenvalue weighted by molar-refractivity contribution is 0.0709. The lowest BCUT2D eigenvalue weighted by Crippen LogP contribution is -2.37. The highest BCUT2D eigenvalue weighted by Gasteiger charge is 2.19. The van der Waals surface area contributed by atoms with Crippen LogP contribution in [0.15, 0.2) is 12.4 Å². The van der Waals surface area contributed by atoms with E-state index in [0.717, 1.165) is 0 Å². The van der Waals surface area contributed by atoms with Gasteiger partial charge < -0.3 is 10.3 Å². The van der Waals surface area contributed by atoms with Crippen LogP contribution in [0, 0.1) is 11.8 Å². The molecule has 0 aromatic carbocycles. The summed E-state index contributed by atoms with van der Waals surface area (Å²) in [4.78, 5) is 22.4. The first-order valence-corrected chi connectivity index (χ1v) is 6.52. The zero-order valence-electron chi connectivity index (χ0n) is 12.1. The topological polar surface area (TPSA) is 84.1 Å². The van der Waals surface area contributed by atoms with E-state index in [-0.39, 0.29) is 5.91 Å². The van der Waals surface area contributed by atoms with Crippen LogP contribution in [0.25, 0.3) is 0 Å². The standard InChI is InChI=1S/C13H23N5O/c1-9(2)7-18(8-10(3)4)13(19)11-5-15-6-12(16-11)17-14/h5-6,9-10H,7-8,14H2,1-4H3,(H,16,17). The number of nitrogens with one attached hydrogen (secondary N) is 1. The number of amides is 1. The van der Waals surface area contributed by atoms with E-state index in [4.69, 9.17) is 5.84 Å². The van der Waals surface area contributed by atoms with Crippen LogP contribution < -0.4 is 11.3 Å². The Morgan fingerprint density at radius 3 is 2.32 bits per heavy atom. The molecule has 0 radical (unpaired) electrons. The maximum Gasteiger partial charge on any atom is 0.274 e. The van der Waals surface area contributed by atoms with E-state index in [0.29, 0.717) is 36.4 Å². The smallest absolute Gasteiger partial charge is 0.274 e. The van der Waals surface area contributed by atoms with E-state index >= 15 is 0 Å². The summed E-state index contributed by atoms with van der Waals surface area (Å²) in [5, 5.41) is 0. The molecule has 1 heterocycles. The molecule has 0 aliphatic rings. The second-order valence-corrected chi connectivity index (χ2v) is 5.43. The van der Waals surface area contributed by atoms with Gasteiger partial charge in [-0.05, 0) is 11.8 Å². The fourth-order valence-corrected chi connectivity index (χ4v) is 1.82. The normalized spacial score (nSPS) is 10.9. The summed E-state index contributed by atoms with van der Waals surface area (Å²) in [6.07, 6.45) is 2.95. The maximum atomic E-state index is 12.4. The van der Waals surface area contributed by atoms with Crippen LogP contribution in [0.3, 0.4) is 0 Å². The highest BCUT2D eigenvalue weighted by Crippen LogP contribution is 2.09. The Labute approximate surface area is 114 Å². The van der Waals surface area contributed by atoms with Crippen molar-refractivity contribution in [3.05, 3.63) is 18.1 Å². The summed E-state index contributed by atoms with van der Waals surface area (Å²) in [5.74, 6) is 6.38. The van der Waals surface area contributed by atoms with Crippen LogP contribution in [-0.2, 0) is 0 Å². The van der Waals surface area contributed by atoms with Gasteiger partial charge in [-0.25, -0.2) is 10.8 Å². The lowest BCUT2D eigenvalue weighted by atomic mass is 10.1. The van der Waals surface area contributed by atoms with Crippen molar-refractivity contribution in [2.24, 2.45) is 17.7 Å². The van der Waals surface area contributed by atoms with Crippen LogP contribution >= 0.6 is 0 Å². The van der Waals surface area contributed by atoms with Crippen molar-refractivity contribution in [3.8, 4) is 0 Å². The maximum absolute atomic E-state index is 12.4. The molecular weight excluding hydrogens is 242 g/mol. The van der Waals surface area contributed by atoms with Crippen LogP contribution in [0.4, 0.5) is 5.82 Å². The molecule has 0 fully saturated rings. The van der Waals surface area contributed by atoms with Gasteiger partial charge in [0.15, 0.2) is 5.82 Å². The Bertz CT molecular complexity index is 409. The molecule has 19 heavy (non-hydrogen) atoms. The molecule has 1 amide bonds. The van der Waals surface area contributed by atoms with Crippen molar-refractivity contribution in [2.45, 2.75) is 27.7 Å². The van der Waals surface area contributed by atoms with Crippen molar-refractivity contribution in [2.75, 3.05) is 18.5 Å². The summed E-state index contributed by atoms with van der Waals surface area (Å²) >= 11 is 0. The zero-order chi connectivity index (χ0) is 14.4. The van der Waals surface area contributed by atoms with Gasteiger partial charge in [-0.1, -0.05) is 27.7 Å². The summed E-state index contributed by atoms with van der Waals surface area (Å²) in [7, 11) is 0. The summed E-state index contributed by atoms with van der Waals surface area (Å²) < 4.78 is 0. The SMILES string of the molecule is CC(C)CN(CC(C)C)C(=O)c1cncc(NN)n1. The van der Waals surface area contributed by atoms with E-state index in [1.165, 1.54) is 12.4 Å². The largest absolute Gasteiger partial charge is 0.337 e. The first-order valence-electron chi connectivity index (χ1n) is 6.52. The number of aromatic nitrogens is 2. The van der Waals surface area contributed by atoms with Crippen LogP contribution in [0.2, 0.25) is 0 Å². The van der Waals surface area contributed by atoms with Gasteiger partial charge in [-0.15, -0.1) is 0 Å². The Kier molecular flexibility index (Phi) is 5.69. The molecule has 1 aromatic heterocycles. The van der Waals surface area contributed by atoms with Gasteiger partial charge in [0, 0.05) is 13.1 Å². The number of hydrogen-bond donors (Lipinski definition) is 2. The highest BCUT2D eigenvalue weighted by atomic mass is 16.2. The molecule has 0 aliphatic carbocycles. The molecule has 0 aliphatic heterocycles. The molecule has 0 atom stereocenters. The van der Waals surface area contributed by atoms with Gasteiger partial charge in [0.2, 0.25) is 0 Å². The van der Waals surface area contributed by atoms with Gasteiger partial charge in [0.1, 0.15) is 5.69 Å². The molecule has 1 rings (SSSR count). The van der Waals surface area contributed by atoms with E-state index in [1.807, 2.05) is 4.90 Å². The molecule has 1 aromatic rings. The molecule has 6 heteroatoms. The Hall–Kier alpha value is -1.69. The minimum atomic E-state index is -0.105. The number of carbonyl (C=O) groups is 1. The first-order chi connectivity index (χ1) is 8.93. The minimum Gasteiger partial charge on any atom is -0.337 e. The minimum absolute atomic E-state index is 0.105. The molecule has 6 nitrogen and oxygen atoms in total. The Morgan fingerprint density at radius 2 is 1.84 bits per heavy atom. The molecule has 0 saturated carbocycles. The van der Waals surface area contributed by atoms with Gasteiger partial charge in [0.05, 0.1) is 12.4 Å². The predicted octanol–water partition coefficient (Wildman–Crippen LogP) is 1.52. The summed E-state index contributed by atoms with van der Waals surface area (Å²) in [6, 6.07) is 0. The molecule has 3 N–H and O–H groups in total. The number of hydrazine groups is 1. The number of nitrogens with two attached hydrogens (primary N) is 1. The third kappa shape index (κ3) is 4.82. The monoisotopic (exact) mass is 265 g/mol. The van der Waals surface area contributed by atoms with Crippen LogP contribution in [0.5, 0.6) is 0 Å². The van der Waals surface area contributed by atoms with E-state index in [1.54, 1.807) is 0 Å². The zero-order valence-corrected chi connectivity index (χ0v) is 12.1. The number of nitrogen functional groups attached to an aromatic ring is 1. The van der Waals surface area contributed by atoms with Crippen molar-refractivity contribution < 1.29 is 4.79 Å². The lowest BCUT2D eigenvalue weighted by Gasteiger charge is -2.26. The van der Waals surface area contributed by atoms with Crippen LogP contribution in [-0.4, -0.2) is 33.9 Å². The fraction of sp³-hybridized carbons (Fsp3) is 0.615. The number of hydrogen-bond acceptors (Lipinski definition) is 5. The quantitative estimate of drug-likeness (QED) is 0.601. The fourth-order valence-electron chi connectivity index (χ4n) is 1.82. The Balaban J connectivity index is 2.90. The van der Waals surface area contributed by atoms with Gasteiger partial charge in [-0.2, -0.15) is 0 Å². The molecule has 0 unspecified atom stereocenters. The second-order valence-electron chi connectivity index (χ2n) is 5.43. The van der Waals surface area contributed by atoms with E-state index in [9.17, 15) is 4.79 Å². The van der Waals surface area contributed by atoms with E-state index < -0.39 is 0 Å². The van der Waals surface area contributed by atoms with E-state index in [2.05, 4.69) is 43.1 Å². The van der Waals surface area contributed by atoms with Gasteiger partial charge in [-0.3, -0.25) is 9.78 Å². The van der Waals surface area contributed by atoms with Crippen LogP contribution in [0.1, 0.15) is 38.2 Å². The summed E-state index contributed by atoms with van der Waals surface area (Å²) in [6.45, 7) is 9.76. The average Bonchev–Trinajstić information content (AvgIpc) is 2.36. The number of anilines is 1. The molecule has 106 valence electrons. The second kappa shape index (κ2) is 7.04. The third-order valence-corrected chi connectivity index (χ3v) is 2.46. The average molecular weight is 265 g/mol. The molecular formula is C13H23N5O. The predicted molar refractivity (Wildman–Crippen MR) is 75.4 cm³/mol. The van der Waals surface area contributed by atoms with Gasteiger partial charge in [0.25, 0.3) is 5.91 Å².